The second-order valence-electron chi connectivity index (χ2n) is 6.56. The lowest BCUT2D eigenvalue weighted by Gasteiger charge is -2.13. The van der Waals surface area contributed by atoms with E-state index in [1.165, 1.54) is 0 Å². The van der Waals surface area contributed by atoms with Crippen LogP contribution >= 0.6 is 0 Å². The Bertz CT molecular complexity index is 944. The van der Waals surface area contributed by atoms with E-state index in [9.17, 15) is 9.90 Å². The maximum Gasteiger partial charge on any atom is 0.262 e. The molecule has 124 valence electrons. The van der Waals surface area contributed by atoms with Crippen molar-refractivity contribution in [2.75, 3.05) is 0 Å². The molecule has 24 heavy (non-hydrogen) atoms. The van der Waals surface area contributed by atoms with Crippen LogP contribution in [-0.2, 0) is 6.42 Å². The Morgan fingerprint density at radius 3 is 2.92 bits per heavy atom. The van der Waals surface area contributed by atoms with Gasteiger partial charge >= 0.3 is 0 Å². The van der Waals surface area contributed by atoms with Crippen molar-refractivity contribution in [3.05, 3.63) is 52.2 Å². The monoisotopic (exact) mass is 324 g/mol. The largest absolute Gasteiger partial charge is 0.393 e. The second-order valence-corrected chi connectivity index (χ2v) is 6.56. The number of para-hydroxylation sites is 1. The fourth-order valence-corrected chi connectivity index (χ4v) is 3.54. The maximum absolute atomic E-state index is 12.4. The summed E-state index contributed by atoms with van der Waals surface area (Å²) in [5.41, 5.74) is 2.37. The molecule has 2 N–H and O–H groups in total. The summed E-state index contributed by atoms with van der Waals surface area (Å²) >= 11 is 0. The molecule has 1 aromatic carbocycles. The van der Waals surface area contributed by atoms with Crippen LogP contribution in [0, 0.1) is 12.8 Å². The highest BCUT2D eigenvalue weighted by Crippen LogP contribution is 2.28. The summed E-state index contributed by atoms with van der Waals surface area (Å²) in [7, 11) is 0. The van der Waals surface area contributed by atoms with Crippen LogP contribution in [0.3, 0.4) is 0 Å². The van der Waals surface area contributed by atoms with Gasteiger partial charge in [-0.2, -0.15) is 5.10 Å². The molecule has 0 radical (unpaired) electrons. The quantitative estimate of drug-likeness (QED) is 0.773. The normalized spacial score (nSPS) is 20.8. The topological polar surface area (TPSA) is 83.8 Å². The second kappa shape index (κ2) is 5.87. The molecular weight excluding hydrogens is 304 g/mol. The van der Waals surface area contributed by atoms with Crippen LogP contribution in [0.4, 0.5) is 0 Å². The van der Waals surface area contributed by atoms with Crippen LogP contribution in [0.5, 0.6) is 0 Å². The first kappa shape index (κ1) is 15.1. The van der Waals surface area contributed by atoms with Gasteiger partial charge in [0.05, 0.1) is 18.0 Å². The lowest BCUT2D eigenvalue weighted by molar-refractivity contribution is 0.131. The van der Waals surface area contributed by atoms with Gasteiger partial charge in [-0.05, 0) is 37.3 Å². The molecule has 1 saturated carbocycles. The Morgan fingerprint density at radius 1 is 1.33 bits per heavy atom. The minimum atomic E-state index is -0.299. The summed E-state index contributed by atoms with van der Waals surface area (Å²) < 4.78 is 1.72. The van der Waals surface area contributed by atoms with Gasteiger partial charge in [-0.15, -0.1) is 0 Å². The van der Waals surface area contributed by atoms with Crippen molar-refractivity contribution in [2.45, 2.75) is 38.7 Å². The van der Waals surface area contributed by atoms with E-state index in [1.807, 2.05) is 31.2 Å². The van der Waals surface area contributed by atoms with E-state index in [2.05, 4.69) is 15.1 Å². The van der Waals surface area contributed by atoms with E-state index in [-0.39, 0.29) is 17.6 Å². The summed E-state index contributed by atoms with van der Waals surface area (Å²) in [4.78, 5) is 19.9. The third kappa shape index (κ3) is 2.53. The number of nitrogens with zero attached hydrogens (tertiary/aromatic N) is 3. The highest BCUT2D eigenvalue weighted by Gasteiger charge is 2.26. The average Bonchev–Trinajstić information content (AvgIpc) is 3.15. The number of benzene rings is 1. The number of fused-ring (bicyclic) bond motifs is 1. The number of aryl methyl sites for hydroxylation is 1. The van der Waals surface area contributed by atoms with Crippen molar-refractivity contribution < 1.29 is 5.11 Å². The molecule has 6 heteroatoms. The highest BCUT2D eigenvalue weighted by atomic mass is 16.3. The van der Waals surface area contributed by atoms with E-state index in [1.54, 1.807) is 10.9 Å². The van der Waals surface area contributed by atoms with Crippen LogP contribution in [-0.4, -0.2) is 31.0 Å². The van der Waals surface area contributed by atoms with Crippen molar-refractivity contribution in [3.8, 4) is 5.69 Å². The van der Waals surface area contributed by atoms with Crippen LogP contribution in [0.15, 0.2) is 35.3 Å². The Labute approximate surface area is 139 Å². The fourth-order valence-electron chi connectivity index (χ4n) is 3.54. The molecule has 0 saturated heterocycles. The zero-order valence-corrected chi connectivity index (χ0v) is 13.6. The number of rotatable bonds is 3. The molecule has 0 spiro atoms. The Balaban J connectivity index is 1.80. The molecule has 0 aliphatic heterocycles. The molecule has 2 atom stereocenters. The molecule has 0 bridgehead atoms. The first-order valence-electron chi connectivity index (χ1n) is 8.34. The molecule has 2 heterocycles. The molecule has 1 aliphatic carbocycles. The zero-order valence-electron chi connectivity index (χ0n) is 13.6. The number of aromatic nitrogens is 4. The van der Waals surface area contributed by atoms with Crippen LogP contribution in [0.2, 0.25) is 0 Å². The molecule has 2 aromatic heterocycles. The molecule has 0 amide bonds. The number of hydrogen-bond donors (Lipinski definition) is 2. The molecule has 1 fully saturated rings. The maximum atomic E-state index is 12.4. The lowest BCUT2D eigenvalue weighted by Crippen LogP contribution is -2.20. The Kier molecular flexibility index (Phi) is 3.69. The summed E-state index contributed by atoms with van der Waals surface area (Å²) in [5.74, 6) is 0.786. The highest BCUT2D eigenvalue weighted by molar-refractivity contribution is 5.75. The first-order chi connectivity index (χ1) is 11.6. The van der Waals surface area contributed by atoms with E-state index in [0.29, 0.717) is 23.3 Å². The van der Waals surface area contributed by atoms with Gasteiger partial charge in [0, 0.05) is 6.42 Å². The summed E-state index contributed by atoms with van der Waals surface area (Å²) in [6.45, 7) is 2.01. The van der Waals surface area contributed by atoms with E-state index in [4.69, 9.17) is 0 Å². The summed E-state index contributed by atoms with van der Waals surface area (Å²) in [5, 5.41) is 14.9. The van der Waals surface area contributed by atoms with Gasteiger partial charge in [0.2, 0.25) is 0 Å². The molecule has 1 aliphatic rings. The van der Waals surface area contributed by atoms with Gasteiger partial charge in [0.25, 0.3) is 5.56 Å². The summed E-state index contributed by atoms with van der Waals surface area (Å²) in [6, 6.07) is 7.88. The van der Waals surface area contributed by atoms with Gasteiger partial charge in [-0.3, -0.25) is 4.79 Å². The first-order valence-corrected chi connectivity index (χ1v) is 8.34. The van der Waals surface area contributed by atoms with Crippen LogP contribution in [0.25, 0.3) is 16.7 Å². The molecule has 3 aromatic rings. The summed E-state index contributed by atoms with van der Waals surface area (Å²) in [6.07, 6.45) is 4.68. The van der Waals surface area contributed by atoms with Gasteiger partial charge in [0.1, 0.15) is 11.2 Å². The molecule has 6 nitrogen and oxygen atoms in total. The van der Waals surface area contributed by atoms with E-state index in [0.717, 1.165) is 30.5 Å². The Hall–Kier alpha value is -2.47. The van der Waals surface area contributed by atoms with Crippen molar-refractivity contribution in [1.29, 1.82) is 0 Å². The van der Waals surface area contributed by atoms with Gasteiger partial charge in [-0.25, -0.2) is 9.67 Å². The number of aliphatic hydroxyl groups is 1. The third-order valence-corrected chi connectivity index (χ3v) is 4.91. The van der Waals surface area contributed by atoms with Gasteiger partial charge in [0.15, 0.2) is 5.65 Å². The Morgan fingerprint density at radius 2 is 2.17 bits per heavy atom. The van der Waals surface area contributed by atoms with Crippen LogP contribution in [0.1, 0.15) is 30.7 Å². The average molecular weight is 324 g/mol. The fraction of sp³-hybridized carbons (Fsp3) is 0.389. The van der Waals surface area contributed by atoms with Crippen LogP contribution < -0.4 is 5.56 Å². The number of H-pyrrole nitrogens is 1. The standard InChI is InChI=1S/C18H20N4O2/c1-11-5-2-3-7-14(11)22-17-13(10-19-22)18(24)21-16(20-17)9-12-6-4-8-15(12)23/h2-3,5,7,10,12,15,23H,4,6,8-9H2,1H3,(H,20,21,24). The van der Waals surface area contributed by atoms with Gasteiger partial charge in [-0.1, -0.05) is 24.6 Å². The SMILES string of the molecule is Cc1ccccc1-n1ncc2c(=O)[nH]c(CC3CCCC3O)nc21. The van der Waals surface area contributed by atoms with Crippen molar-refractivity contribution in [1.82, 2.24) is 19.7 Å². The van der Waals surface area contributed by atoms with E-state index >= 15 is 0 Å². The van der Waals surface area contributed by atoms with Crippen molar-refractivity contribution in [3.63, 3.8) is 0 Å². The predicted molar refractivity (Wildman–Crippen MR) is 91.3 cm³/mol. The third-order valence-electron chi connectivity index (χ3n) is 4.91. The lowest BCUT2D eigenvalue weighted by atomic mass is 10.0. The number of aliphatic hydroxyl groups excluding tert-OH is 1. The van der Waals surface area contributed by atoms with Crippen molar-refractivity contribution >= 4 is 11.0 Å². The number of hydrogen-bond acceptors (Lipinski definition) is 4. The molecule has 2 unspecified atom stereocenters. The van der Waals surface area contributed by atoms with Gasteiger partial charge < -0.3 is 10.1 Å². The minimum Gasteiger partial charge on any atom is -0.393 e. The van der Waals surface area contributed by atoms with E-state index < -0.39 is 0 Å². The number of nitrogens with one attached hydrogen (secondary N) is 1. The number of aromatic amines is 1. The minimum absolute atomic E-state index is 0.167. The predicted octanol–water partition coefficient (Wildman–Crippen LogP) is 2.12. The van der Waals surface area contributed by atoms with Crippen molar-refractivity contribution in [2.24, 2.45) is 5.92 Å². The molecule has 4 rings (SSSR count). The molecular formula is C18H20N4O2. The smallest absolute Gasteiger partial charge is 0.262 e. The zero-order chi connectivity index (χ0) is 16.7.